The Morgan fingerprint density at radius 2 is 2.17 bits per heavy atom. The van der Waals surface area contributed by atoms with Crippen molar-refractivity contribution >= 4 is 11.6 Å². The summed E-state index contributed by atoms with van der Waals surface area (Å²) >= 11 is 0. The molecule has 1 unspecified atom stereocenters. The highest BCUT2D eigenvalue weighted by Gasteiger charge is 2.30. The first-order chi connectivity index (χ1) is 8.33. The minimum Gasteiger partial charge on any atom is -0.387 e. The Balaban J connectivity index is 2.71. The molecule has 1 atom stereocenters. The van der Waals surface area contributed by atoms with Crippen molar-refractivity contribution in [3.05, 3.63) is 24.0 Å². The van der Waals surface area contributed by atoms with Crippen molar-refractivity contribution < 1.29 is 18.0 Å². The zero-order valence-electron chi connectivity index (χ0n) is 10.0. The largest absolute Gasteiger partial charge is 0.391 e. The zero-order chi connectivity index (χ0) is 13.8. The second kappa shape index (κ2) is 5.70. The summed E-state index contributed by atoms with van der Waals surface area (Å²) in [6, 6.07) is 0.589. The number of halogens is 3. The van der Waals surface area contributed by atoms with E-state index in [1.54, 1.807) is 13.1 Å². The van der Waals surface area contributed by atoms with Crippen LogP contribution in [0.1, 0.15) is 23.7 Å². The molecular weight excluding hydrogens is 247 g/mol. The van der Waals surface area contributed by atoms with Gasteiger partial charge in [-0.15, -0.1) is 0 Å². The van der Waals surface area contributed by atoms with Crippen LogP contribution in [0.3, 0.4) is 0 Å². The summed E-state index contributed by atoms with van der Waals surface area (Å²) in [5, 5.41) is 5.06. The molecule has 0 bridgehead atoms. The molecule has 1 aromatic heterocycles. The maximum absolute atomic E-state index is 12.1. The smallest absolute Gasteiger partial charge is 0.387 e. The Labute approximate surface area is 103 Å². The van der Waals surface area contributed by atoms with Gasteiger partial charge in [0, 0.05) is 31.2 Å². The monoisotopic (exact) mass is 261 g/mol. The van der Waals surface area contributed by atoms with Crippen LogP contribution in [0.5, 0.6) is 0 Å². The third-order valence-electron chi connectivity index (χ3n) is 2.25. The Morgan fingerprint density at radius 3 is 2.72 bits per heavy atom. The lowest BCUT2D eigenvalue weighted by Crippen LogP contribution is -2.36. The second-order valence-electron chi connectivity index (χ2n) is 3.87. The van der Waals surface area contributed by atoms with E-state index in [0.29, 0.717) is 5.69 Å². The van der Waals surface area contributed by atoms with Crippen LogP contribution in [0, 0.1) is 0 Å². The predicted octanol–water partition coefficient (Wildman–Crippen LogP) is 2.19. The second-order valence-corrected chi connectivity index (χ2v) is 3.87. The number of nitrogens with zero attached hydrogens (tertiary/aromatic N) is 1. The molecule has 2 N–H and O–H groups in total. The SMILES string of the molecule is CNc1ccncc1C(=O)NC(C)CC(F)(F)F. The van der Waals surface area contributed by atoms with Gasteiger partial charge >= 0.3 is 6.18 Å². The number of pyridine rings is 1. The van der Waals surface area contributed by atoms with Crippen LogP contribution in [-0.2, 0) is 0 Å². The van der Waals surface area contributed by atoms with Gasteiger partial charge in [0.25, 0.3) is 5.91 Å². The molecule has 0 aliphatic heterocycles. The quantitative estimate of drug-likeness (QED) is 0.873. The van der Waals surface area contributed by atoms with Gasteiger partial charge in [0.05, 0.1) is 12.0 Å². The Bertz CT molecular complexity index is 420. The van der Waals surface area contributed by atoms with E-state index < -0.39 is 24.5 Å². The minimum absolute atomic E-state index is 0.217. The number of aromatic nitrogens is 1. The van der Waals surface area contributed by atoms with Crippen molar-refractivity contribution in [1.29, 1.82) is 0 Å². The number of nitrogens with one attached hydrogen (secondary N) is 2. The Morgan fingerprint density at radius 1 is 1.50 bits per heavy atom. The molecule has 1 aromatic rings. The standard InChI is InChI=1S/C11H14F3N3O/c1-7(5-11(12,13)14)17-10(18)8-6-16-4-3-9(8)15-2/h3-4,6-7H,5H2,1-2H3,(H,15,16)(H,17,18). The number of carbonyl (C=O) groups is 1. The van der Waals surface area contributed by atoms with Gasteiger partial charge in [-0.1, -0.05) is 0 Å². The molecule has 18 heavy (non-hydrogen) atoms. The van der Waals surface area contributed by atoms with Crippen LogP contribution < -0.4 is 10.6 Å². The molecule has 1 rings (SSSR count). The van der Waals surface area contributed by atoms with Crippen molar-refractivity contribution in [1.82, 2.24) is 10.3 Å². The maximum atomic E-state index is 12.1. The van der Waals surface area contributed by atoms with E-state index in [1.165, 1.54) is 19.3 Å². The lowest BCUT2D eigenvalue weighted by Gasteiger charge is -2.16. The summed E-state index contributed by atoms with van der Waals surface area (Å²) in [7, 11) is 1.62. The normalized spacial score (nSPS) is 12.9. The average molecular weight is 261 g/mol. The Hall–Kier alpha value is -1.79. The summed E-state index contributed by atoms with van der Waals surface area (Å²) in [5.41, 5.74) is 0.732. The third-order valence-corrected chi connectivity index (χ3v) is 2.25. The van der Waals surface area contributed by atoms with Crippen LogP contribution in [0.15, 0.2) is 18.5 Å². The first-order valence-corrected chi connectivity index (χ1v) is 5.33. The molecule has 0 saturated heterocycles. The van der Waals surface area contributed by atoms with E-state index in [4.69, 9.17) is 0 Å². The number of hydrogen-bond acceptors (Lipinski definition) is 3. The molecule has 0 radical (unpaired) electrons. The first kappa shape index (κ1) is 14.3. The molecule has 1 amide bonds. The molecule has 0 saturated carbocycles. The lowest BCUT2D eigenvalue weighted by molar-refractivity contribution is -0.138. The van der Waals surface area contributed by atoms with E-state index in [2.05, 4.69) is 15.6 Å². The Kier molecular flexibility index (Phi) is 4.52. The van der Waals surface area contributed by atoms with Gasteiger partial charge in [-0.25, -0.2) is 0 Å². The number of carbonyl (C=O) groups excluding carboxylic acids is 1. The number of alkyl halides is 3. The number of anilines is 1. The molecule has 1 heterocycles. The summed E-state index contributed by atoms with van der Waals surface area (Å²) in [6.45, 7) is 1.31. The van der Waals surface area contributed by atoms with Gasteiger partial charge in [0.15, 0.2) is 0 Å². The van der Waals surface area contributed by atoms with E-state index in [1.807, 2.05) is 0 Å². The topological polar surface area (TPSA) is 54.0 Å². The summed E-state index contributed by atoms with van der Waals surface area (Å²) in [5.74, 6) is -0.579. The predicted molar refractivity (Wildman–Crippen MR) is 61.4 cm³/mol. The summed E-state index contributed by atoms with van der Waals surface area (Å²) < 4.78 is 36.4. The van der Waals surface area contributed by atoms with Crippen LogP contribution >= 0.6 is 0 Å². The average Bonchev–Trinajstić information content (AvgIpc) is 2.26. The van der Waals surface area contributed by atoms with Gasteiger partial charge in [-0.2, -0.15) is 13.2 Å². The molecule has 0 aromatic carbocycles. The van der Waals surface area contributed by atoms with Crippen LogP contribution in [0.25, 0.3) is 0 Å². The fraction of sp³-hybridized carbons (Fsp3) is 0.455. The number of hydrogen-bond donors (Lipinski definition) is 2. The fourth-order valence-corrected chi connectivity index (χ4v) is 1.49. The minimum atomic E-state index is -4.30. The zero-order valence-corrected chi connectivity index (χ0v) is 10.0. The maximum Gasteiger partial charge on any atom is 0.391 e. The third kappa shape index (κ3) is 4.23. The van der Waals surface area contributed by atoms with Crippen molar-refractivity contribution in [2.75, 3.05) is 12.4 Å². The summed E-state index contributed by atoms with van der Waals surface area (Å²) in [4.78, 5) is 15.5. The van der Waals surface area contributed by atoms with Crippen molar-refractivity contribution in [2.45, 2.75) is 25.6 Å². The molecule has 0 fully saturated rings. The van der Waals surface area contributed by atoms with Crippen molar-refractivity contribution in [2.24, 2.45) is 0 Å². The molecule has 0 aliphatic carbocycles. The number of rotatable bonds is 4. The fourth-order valence-electron chi connectivity index (χ4n) is 1.49. The van der Waals surface area contributed by atoms with E-state index in [9.17, 15) is 18.0 Å². The van der Waals surface area contributed by atoms with Gasteiger partial charge < -0.3 is 10.6 Å². The molecule has 100 valence electrons. The lowest BCUT2D eigenvalue weighted by atomic mass is 10.2. The van der Waals surface area contributed by atoms with Crippen LogP contribution in [-0.4, -0.2) is 30.2 Å². The van der Waals surface area contributed by atoms with Crippen molar-refractivity contribution in [3.8, 4) is 0 Å². The first-order valence-electron chi connectivity index (χ1n) is 5.33. The summed E-state index contributed by atoms with van der Waals surface area (Å²) in [6.07, 6.45) is -2.56. The highest BCUT2D eigenvalue weighted by Crippen LogP contribution is 2.21. The van der Waals surface area contributed by atoms with E-state index >= 15 is 0 Å². The molecule has 0 spiro atoms. The molecular formula is C11H14F3N3O. The molecule has 4 nitrogen and oxygen atoms in total. The van der Waals surface area contributed by atoms with Crippen LogP contribution in [0.2, 0.25) is 0 Å². The number of amides is 1. The van der Waals surface area contributed by atoms with E-state index in [0.717, 1.165) is 0 Å². The molecule has 7 heteroatoms. The highest BCUT2D eigenvalue weighted by atomic mass is 19.4. The van der Waals surface area contributed by atoms with Crippen molar-refractivity contribution in [3.63, 3.8) is 0 Å². The van der Waals surface area contributed by atoms with Gasteiger partial charge in [-0.3, -0.25) is 9.78 Å². The molecule has 0 aliphatic rings. The van der Waals surface area contributed by atoms with Gasteiger partial charge in [0.1, 0.15) is 0 Å². The van der Waals surface area contributed by atoms with Gasteiger partial charge in [-0.05, 0) is 13.0 Å². The van der Waals surface area contributed by atoms with Gasteiger partial charge in [0.2, 0.25) is 0 Å². The van der Waals surface area contributed by atoms with Crippen LogP contribution in [0.4, 0.5) is 18.9 Å². The van der Waals surface area contributed by atoms with E-state index in [-0.39, 0.29) is 5.56 Å². The highest BCUT2D eigenvalue weighted by molar-refractivity contribution is 5.99.